The van der Waals surface area contributed by atoms with Gasteiger partial charge < -0.3 is 19.9 Å². The van der Waals surface area contributed by atoms with Crippen LogP contribution in [0.15, 0.2) is 48.6 Å². The molecular weight excluding hydrogens is 370 g/mol. The number of aromatic nitrogens is 1. The summed E-state index contributed by atoms with van der Waals surface area (Å²) in [7, 11) is 1.50. The molecule has 2 aromatic rings. The first-order valence-corrected chi connectivity index (χ1v) is 7.63. The molecule has 2 rings (SSSR count). The van der Waals surface area contributed by atoms with E-state index in [2.05, 4.69) is 9.72 Å². The average molecular weight is 387 g/mol. The number of benzene rings is 1. The van der Waals surface area contributed by atoms with E-state index in [9.17, 15) is 8.78 Å². The van der Waals surface area contributed by atoms with Crippen molar-refractivity contribution in [1.29, 1.82) is 0 Å². The summed E-state index contributed by atoms with van der Waals surface area (Å²) in [4.78, 5) is 3.93. The number of pyridine rings is 1. The highest BCUT2D eigenvalue weighted by atomic mass is 35.5. The summed E-state index contributed by atoms with van der Waals surface area (Å²) in [6, 6.07) is 5.82. The van der Waals surface area contributed by atoms with Crippen LogP contribution < -0.4 is 30.8 Å². The topological polar surface area (TPSA) is 95.9 Å². The van der Waals surface area contributed by atoms with Crippen molar-refractivity contribution in [2.24, 2.45) is 11.6 Å². The third-order valence-corrected chi connectivity index (χ3v) is 3.41. The number of methoxy groups -OCH3 is 1. The van der Waals surface area contributed by atoms with Gasteiger partial charge in [-0.2, -0.15) is 8.78 Å². The second-order valence-corrected chi connectivity index (χ2v) is 5.33. The highest BCUT2D eigenvalue weighted by Crippen LogP contribution is 2.30. The summed E-state index contributed by atoms with van der Waals surface area (Å²) in [6.45, 7) is -3.00. The Balaban J connectivity index is 2.06. The van der Waals surface area contributed by atoms with Crippen molar-refractivity contribution in [3.8, 4) is 17.2 Å². The van der Waals surface area contributed by atoms with Crippen LogP contribution in [0, 0.1) is 0 Å². The minimum absolute atomic E-state index is 0.00370. The minimum Gasteiger partial charge on any atom is -0.493 e. The molecule has 0 aliphatic heterocycles. The van der Waals surface area contributed by atoms with Crippen molar-refractivity contribution in [2.75, 3.05) is 18.7 Å². The SMILES string of the molecule is COc1ccncc1OC/C(N)=C/N(N)c1ccc(Cl)c(OC(F)F)c1. The third kappa shape index (κ3) is 5.36. The second-order valence-electron chi connectivity index (χ2n) is 4.92. The molecule has 0 radical (unpaired) electrons. The third-order valence-electron chi connectivity index (χ3n) is 3.09. The predicted molar refractivity (Wildman–Crippen MR) is 93.3 cm³/mol. The fourth-order valence-electron chi connectivity index (χ4n) is 1.93. The number of anilines is 1. The Hall–Kier alpha value is -2.78. The van der Waals surface area contributed by atoms with E-state index in [4.69, 9.17) is 32.7 Å². The van der Waals surface area contributed by atoms with E-state index in [1.165, 1.54) is 37.7 Å². The van der Waals surface area contributed by atoms with E-state index < -0.39 is 6.61 Å². The van der Waals surface area contributed by atoms with Gasteiger partial charge in [-0.25, -0.2) is 5.84 Å². The van der Waals surface area contributed by atoms with Crippen LogP contribution in [0.2, 0.25) is 5.02 Å². The Labute approximate surface area is 153 Å². The van der Waals surface area contributed by atoms with Crippen LogP contribution in [0.5, 0.6) is 17.2 Å². The highest BCUT2D eigenvalue weighted by Gasteiger charge is 2.11. The van der Waals surface area contributed by atoms with Gasteiger partial charge >= 0.3 is 6.61 Å². The van der Waals surface area contributed by atoms with Crippen LogP contribution in [0.1, 0.15) is 0 Å². The number of nitrogens with two attached hydrogens (primary N) is 2. The smallest absolute Gasteiger partial charge is 0.387 e. The Morgan fingerprint density at radius 3 is 2.77 bits per heavy atom. The molecule has 0 saturated heterocycles. The van der Waals surface area contributed by atoms with Gasteiger partial charge in [0.1, 0.15) is 12.4 Å². The van der Waals surface area contributed by atoms with E-state index in [1.807, 2.05) is 0 Å². The van der Waals surface area contributed by atoms with Gasteiger partial charge in [-0.1, -0.05) is 11.6 Å². The first-order valence-electron chi connectivity index (χ1n) is 7.26. The molecule has 0 aliphatic rings. The number of alkyl halides is 2. The number of halogens is 3. The summed E-state index contributed by atoms with van der Waals surface area (Å²) >= 11 is 5.80. The zero-order valence-corrected chi connectivity index (χ0v) is 14.5. The number of hydrogen-bond acceptors (Lipinski definition) is 7. The standard InChI is InChI=1S/C16H17ClF2N4O3/c1-24-13-4-5-22-7-15(13)25-9-10(20)8-23(21)11-2-3-12(17)14(6-11)26-16(18)19/h2-8,16H,9,20-21H2,1H3/b10-8-. The molecule has 7 nitrogen and oxygen atoms in total. The second kappa shape index (κ2) is 9.07. The molecule has 140 valence electrons. The van der Waals surface area contributed by atoms with Gasteiger partial charge in [-0.05, 0) is 12.1 Å². The zero-order valence-electron chi connectivity index (χ0n) is 13.7. The number of nitrogens with zero attached hydrogens (tertiary/aromatic N) is 2. The lowest BCUT2D eigenvalue weighted by molar-refractivity contribution is -0.0497. The normalized spacial score (nSPS) is 11.4. The molecule has 0 fully saturated rings. The molecule has 0 bridgehead atoms. The van der Waals surface area contributed by atoms with Gasteiger partial charge in [0, 0.05) is 24.5 Å². The van der Waals surface area contributed by atoms with Gasteiger partial charge in [0.15, 0.2) is 11.5 Å². The predicted octanol–water partition coefficient (Wildman–Crippen LogP) is 2.90. The van der Waals surface area contributed by atoms with Gasteiger partial charge in [-0.3, -0.25) is 9.99 Å². The number of rotatable bonds is 8. The van der Waals surface area contributed by atoms with E-state index in [0.29, 0.717) is 17.2 Å². The van der Waals surface area contributed by atoms with Crippen molar-refractivity contribution in [3.63, 3.8) is 0 Å². The summed E-state index contributed by atoms with van der Waals surface area (Å²) in [5.41, 5.74) is 6.48. The van der Waals surface area contributed by atoms with E-state index in [-0.39, 0.29) is 23.1 Å². The van der Waals surface area contributed by atoms with Crippen molar-refractivity contribution < 1.29 is 23.0 Å². The Bertz CT molecular complexity index is 777. The lowest BCUT2D eigenvalue weighted by Gasteiger charge is -2.17. The lowest BCUT2D eigenvalue weighted by atomic mass is 10.3. The fraction of sp³-hybridized carbons (Fsp3) is 0.188. The van der Waals surface area contributed by atoms with Crippen LogP contribution in [-0.4, -0.2) is 25.3 Å². The van der Waals surface area contributed by atoms with Gasteiger partial charge in [-0.15, -0.1) is 0 Å². The maximum Gasteiger partial charge on any atom is 0.387 e. The van der Waals surface area contributed by atoms with E-state index in [1.54, 1.807) is 12.3 Å². The first kappa shape index (κ1) is 19.5. The molecule has 0 saturated carbocycles. The van der Waals surface area contributed by atoms with Crippen molar-refractivity contribution in [1.82, 2.24) is 4.98 Å². The van der Waals surface area contributed by atoms with E-state index in [0.717, 1.165) is 5.01 Å². The lowest BCUT2D eigenvalue weighted by Crippen LogP contribution is -2.27. The van der Waals surface area contributed by atoms with Gasteiger partial charge in [0.2, 0.25) is 0 Å². The molecule has 0 unspecified atom stereocenters. The van der Waals surface area contributed by atoms with Crippen LogP contribution in [0.4, 0.5) is 14.5 Å². The van der Waals surface area contributed by atoms with Crippen molar-refractivity contribution >= 4 is 17.3 Å². The van der Waals surface area contributed by atoms with Crippen LogP contribution in [0.25, 0.3) is 0 Å². The highest BCUT2D eigenvalue weighted by molar-refractivity contribution is 6.32. The Morgan fingerprint density at radius 2 is 2.08 bits per heavy atom. The van der Waals surface area contributed by atoms with Crippen molar-refractivity contribution in [3.05, 3.63) is 53.6 Å². The molecule has 4 N–H and O–H groups in total. The maximum atomic E-state index is 12.4. The molecule has 1 aromatic carbocycles. The molecule has 1 heterocycles. The monoisotopic (exact) mass is 386 g/mol. The number of ether oxygens (including phenoxy) is 3. The zero-order chi connectivity index (χ0) is 19.1. The summed E-state index contributed by atoms with van der Waals surface area (Å²) in [5.74, 6) is 6.59. The fourth-order valence-corrected chi connectivity index (χ4v) is 2.10. The number of hydrazine groups is 1. The molecule has 1 aromatic heterocycles. The van der Waals surface area contributed by atoms with Gasteiger partial charge in [0.05, 0.1) is 29.7 Å². The molecule has 10 heteroatoms. The number of hydrogen-bond donors (Lipinski definition) is 2. The largest absolute Gasteiger partial charge is 0.493 e. The molecule has 0 spiro atoms. The molecular formula is C16H17ClF2N4O3. The average Bonchev–Trinajstić information content (AvgIpc) is 2.61. The molecule has 0 amide bonds. The first-order chi connectivity index (χ1) is 12.4. The van der Waals surface area contributed by atoms with Crippen LogP contribution in [-0.2, 0) is 0 Å². The van der Waals surface area contributed by atoms with E-state index >= 15 is 0 Å². The molecule has 0 aliphatic carbocycles. The quantitative estimate of drug-likeness (QED) is 0.532. The Morgan fingerprint density at radius 1 is 1.31 bits per heavy atom. The summed E-state index contributed by atoms with van der Waals surface area (Å²) < 4.78 is 39.7. The summed E-state index contributed by atoms with van der Waals surface area (Å²) in [6.07, 6.45) is 4.42. The minimum atomic E-state index is -3.00. The van der Waals surface area contributed by atoms with Crippen LogP contribution >= 0.6 is 11.6 Å². The Kier molecular flexibility index (Phi) is 6.81. The molecule has 26 heavy (non-hydrogen) atoms. The van der Waals surface area contributed by atoms with Gasteiger partial charge in [0.25, 0.3) is 0 Å². The maximum absolute atomic E-state index is 12.4. The molecule has 0 atom stereocenters. The van der Waals surface area contributed by atoms with Crippen molar-refractivity contribution in [2.45, 2.75) is 6.61 Å². The van der Waals surface area contributed by atoms with Crippen LogP contribution in [0.3, 0.4) is 0 Å². The summed E-state index contributed by atoms with van der Waals surface area (Å²) in [5, 5.41) is 1.17.